The molecule has 1 fully saturated rings. The number of methoxy groups -OCH3 is 1. The number of fused-ring (bicyclic) bond motifs is 1. The largest absolute Gasteiger partial charge is 0.497 e. The lowest BCUT2D eigenvalue weighted by molar-refractivity contribution is 0.397. The second kappa shape index (κ2) is 8.07. The van der Waals surface area contributed by atoms with Gasteiger partial charge in [0.2, 0.25) is 10.0 Å². The SMILES string of the molecule is COc1cccc(S(=O)(=O)N2C[C@H](Cn3ccc4nc(-c5cn[nH]c5)ccc43)C[C@H]2C)c1. The van der Waals surface area contributed by atoms with E-state index < -0.39 is 10.0 Å². The number of aromatic nitrogens is 4. The van der Waals surface area contributed by atoms with Crippen molar-refractivity contribution >= 4 is 21.1 Å². The van der Waals surface area contributed by atoms with Gasteiger partial charge in [-0.1, -0.05) is 6.07 Å². The normalized spacial score (nSPS) is 19.6. The van der Waals surface area contributed by atoms with Gasteiger partial charge in [0.25, 0.3) is 0 Å². The van der Waals surface area contributed by atoms with E-state index in [9.17, 15) is 8.42 Å². The Hall–Kier alpha value is -3.17. The van der Waals surface area contributed by atoms with Gasteiger partial charge < -0.3 is 9.30 Å². The first-order valence-electron chi connectivity index (χ1n) is 10.6. The monoisotopic (exact) mass is 451 g/mol. The number of rotatable bonds is 6. The van der Waals surface area contributed by atoms with Gasteiger partial charge in [0.15, 0.2) is 0 Å². The highest BCUT2D eigenvalue weighted by Crippen LogP contribution is 2.32. The minimum absolute atomic E-state index is 0.0659. The summed E-state index contributed by atoms with van der Waals surface area (Å²) in [7, 11) is -2.05. The molecule has 5 rings (SSSR count). The lowest BCUT2D eigenvalue weighted by Crippen LogP contribution is -2.34. The molecule has 8 nitrogen and oxygen atoms in total. The van der Waals surface area contributed by atoms with Crippen molar-refractivity contribution < 1.29 is 13.2 Å². The first kappa shape index (κ1) is 20.7. The Morgan fingerprint density at radius 1 is 1.22 bits per heavy atom. The fourth-order valence-electron chi connectivity index (χ4n) is 4.54. The second-order valence-electron chi connectivity index (χ2n) is 8.26. The molecular formula is C23H25N5O3S. The van der Waals surface area contributed by atoms with Gasteiger partial charge in [-0.15, -0.1) is 0 Å². The maximum absolute atomic E-state index is 13.3. The molecule has 0 amide bonds. The van der Waals surface area contributed by atoms with Crippen molar-refractivity contribution in [3.05, 3.63) is 61.1 Å². The van der Waals surface area contributed by atoms with Crippen LogP contribution in [0.2, 0.25) is 0 Å². The fourth-order valence-corrected chi connectivity index (χ4v) is 6.29. The van der Waals surface area contributed by atoms with Gasteiger partial charge in [-0.25, -0.2) is 13.4 Å². The molecule has 1 aliphatic heterocycles. The van der Waals surface area contributed by atoms with Crippen molar-refractivity contribution in [3.63, 3.8) is 0 Å². The summed E-state index contributed by atoms with van der Waals surface area (Å²) in [5.74, 6) is 0.755. The number of hydrogen-bond donors (Lipinski definition) is 1. The van der Waals surface area contributed by atoms with Crippen molar-refractivity contribution in [2.75, 3.05) is 13.7 Å². The number of ether oxygens (including phenoxy) is 1. The van der Waals surface area contributed by atoms with Gasteiger partial charge in [0, 0.05) is 43.2 Å². The van der Waals surface area contributed by atoms with Gasteiger partial charge in [0.1, 0.15) is 5.75 Å². The summed E-state index contributed by atoms with van der Waals surface area (Å²) in [5, 5.41) is 6.80. The number of nitrogens with zero attached hydrogens (tertiary/aromatic N) is 4. The third-order valence-corrected chi connectivity index (χ3v) is 8.10. The van der Waals surface area contributed by atoms with Crippen LogP contribution in [0, 0.1) is 5.92 Å². The van der Waals surface area contributed by atoms with Gasteiger partial charge >= 0.3 is 0 Å². The van der Waals surface area contributed by atoms with Crippen LogP contribution in [0.4, 0.5) is 0 Å². The van der Waals surface area contributed by atoms with Gasteiger partial charge in [-0.3, -0.25) is 5.10 Å². The molecule has 0 bridgehead atoms. The van der Waals surface area contributed by atoms with Crippen LogP contribution in [-0.2, 0) is 16.6 Å². The van der Waals surface area contributed by atoms with Crippen molar-refractivity contribution in [1.82, 2.24) is 24.1 Å². The van der Waals surface area contributed by atoms with Gasteiger partial charge in [-0.05, 0) is 49.6 Å². The van der Waals surface area contributed by atoms with Gasteiger partial charge in [0.05, 0.1) is 34.9 Å². The molecule has 9 heteroatoms. The van der Waals surface area contributed by atoms with Gasteiger partial charge in [-0.2, -0.15) is 9.40 Å². The maximum atomic E-state index is 13.3. The summed E-state index contributed by atoms with van der Waals surface area (Å²) in [6.45, 7) is 3.20. The van der Waals surface area contributed by atoms with E-state index in [1.807, 2.05) is 31.5 Å². The summed E-state index contributed by atoms with van der Waals surface area (Å²) in [6.07, 6.45) is 6.41. The number of H-pyrrole nitrogens is 1. The third-order valence-electron chi connectivity index (χ3n) is 6.13. The predicted octanol–water partition coefficient (Wildman–Crippen LogP) is 3.53. The molecule has 1 aliphatic rings. The molecule has 3 aromatic heterocycles. The minimum Gasteiger partial charge on any atom is -0.497 e. The van der Waals surface area contributed by atoms with E-state index in [4.69, 9.17) is 9.72 Å². The molecule has 0 unspecified atom stereocenters. The smallest absolute Gasteiger partial charge is 0.243 e. The summed E-state index contributed by atoms with van der Waals surface area (Å²) < 4.78 is 35.5. The van der Waals surface area contributed by atoms with E-state index in [1.54, 1.807) is 34.8 Å². The Balaban J connectivity index is 1.35. The molecule has 166 valence electrons. The number of aromatic amines is 1. The lowest BCUT2D eigenvalue weighted by Gasteiger charge is -2.21. The van der Waals surface area contributed by atoms with E-state index in [2.05, 4.69) is 20.8 Å². The van der Waals surface area contributed by atoms with E-state index in [1.165, 1.54) is 7.11 Å². The van der Waals surface area contributed by atoms with Crippen LogP contribution < -0.4 is 4.74 Å². The Morgan fingerprint density at radius 3 is 2.88 bits per heavy atom. The molecule has 0 spiro atoms. The Kier molecular flexibility index (Phi) is 5.22. The van der Waals surface area contributed by atoms with E-state index in [-0.39, 0.29) is 16.9 Å². The molecule has 0 saturated carbocycles. The zero-order valence-electron chi connectivity index (χ0n) is 18.0. The molecule has 1 saturated heterocycles. The van der Waals surface area contributed by atoms with Crippen LogP contribution in [0.1, 0.15) is 13.3 Å². The molecule has 0 aliphatic carbocycles. The van der Waals surface area contributed by atoms with Crippen molar-refractivity contribution in [3.8, 4) is 17.0 Å². The highest BCUT2D eigenvalue weighted by atomic mass is 32.2. The molecule has 1 N–H and O–H groups in total. The Bertz CT molecular complexity index is 1350. The van der Waals surface area contributed by atoms with Crippen LogP contribution in [0.3, 0.4) is 0 Å². The Morgan fingerprint density at radius 2 is 2.09 bits per heavy atom. The highest BCUT2D eigenvalue weighted by Gasteiger charge is 2.38. The summed E-state index contributed by atoms with van der Waals surface area (Å²) in [5.41, 5.74) is 3.77. The van der Waals surface area contributed by atoms with Crippen LogP contribution in [0.25, 0.3) is 22.3 Å². The van der Waals surface area contributed by atoms with Crippen molar-refractivity contribution in [1.29, 1.82) is 0 Å². The molecule has 4 heterocycles. The van der Waals surface area contributed by atoms with Crippen LogP contribution in [-0.4, -0.2) is 52.2 Å². The second-order valence-corrected chi connectivity index (χ2v) is 10.2. The summed E-state index contributed by atoms with van der Waals surface area (Å²) in [6, 6.07) is 12.7. The van der Waals surface area contributed by atoms with Crippen molar-refractivity contribution in [2.24, 2.45) is 5.92 Å². The minimum atomic E-state index is -3.58. The van der Waals surface area contributed by atoms with Crippen LogP contribution >= 0.6 is 0 Å². The standard InChI is InChI=1S/C23H25N5O3S/c1-16-10-17(15-28(16)32(29,30)20-5-3-4-19(11-20)31-2)14-27-9-8-22-23(27)7-6-21(26-22)18-12-24-25-13-18/h3-9,11-13,16-17H,10,14-15H2,1-2H3,(H,24,25)/t16-,17+/m1/s1. The fraction of sp³-hybridized carbons (Fsp3) is 0.304. The first-order valence-corrected chi connectivity index (χ1v) is 12.0. The number of pyridine rings is 1. The first-order chi connectivity index (χ1) is 15.5. The molecule has 4 aromatic rings. The zero-order chi connectivity index (χ0) is 22.3. The molecule has 1 aromatic carbocycles. The summed E-state index contributed by atoms with van der Waals surface area (Å²) in [4.78, 5) is 5.01. The van der Waals surface area contributed by atoms with Crippen molar-refractivity contribution in [2.45, 2.75) is 30.8 Å². The Labute approximate surface area is 186 Å². The number of sulfonamides is 1. The highest BCUT2D eigenvalue weighted by molar-refractivity contribution is 7.89. The molecular weight excluding hydrogens is 426 g/mol. The van der Waals surface area contributed by atoms with E-state index in [0.717, 1.165) is 35.3 Å². The number of hydrogen-bond acceptors (Lipinski definition) is 5. The average molecular weight is 452 g/mol. The maximum Gasteiger partial charge on any atom is 0.243 e. The predicted molar refractivity (Wildman–Crippen MR) is 122 cm³/mol. The van der Waals surface area contributed by atoms with E-state index >= 15 is 0 Å². The topological polar surface area (TPSA) is 93.1 Å². The molecule has 32 heavy (non-hydrogen) atoms. The molecule has 0 radical (unpaired) electrons. The third kappa shape index (κ3) is 3.67. The summed E-state index contributed by atoms with van der Waals surface area (Å²) >= 11 is 0. The quantitative estimate of drug-likeness (QED) is 0.484. The van der Waals surface area contributed by atoms with Crippen LogP contribution in [0.5, 0.6) is 5.75 Å². The van der Waals surface area contributed by atoms with Crippen LogP contribution in [0.15, 0.2) is 66.0 Å². The lowest BCUT2D eigenvalue weighted by atomic mass is 10.1. The molecule has 2 atom stereocenters. The average Bonchev–Trinajstić information content (AvgIpc) is 3.54. The van der Waals surface area contributed by atoms with E-state index in [0.29, 0.717) is 12.3 Å². The zero-order valence-corrected chi connectivity index (χ0v) is 18.8. The number of benzene rings is 1. The number of nitrogens with one attached hydrogen (secondary N) is 1.